The number of hydrogen-bond acceptors (Lipinski definition) is 7. The molecule has 0 radical (unpaired) electrons. The number of nitrogens with zero attached hydrogens (tertiary/aromatic N) is 3. The van der Waals surface area contributed by atoms with Crippen molar-refractivity contribution < 1.29 is 19.0 Å². The van der Waals surface area contributed by atoms with Gasteiger partial charge in [0.25, 0.3) is 0 Å². The van der Waals surface area contributed by atoms with E-state index in [1.54, 1.807) is 4.90 Å². The zero-order valence-corrected chi connectivity index (χ0v) is 14.1. The molecule has 2 heterocycles. The fourth-order valence-corrected chi connectivity index (χ4v) is 2.15. The van der Waals surface area contributed by atoms with Gasteiger partial charge in [0.2, 0.25) is 0 Å². The number of aromatic nitrogens is 1. The number of morpholine rings is 1. The lowest BCUT2D eigenvalue weighted by Crippen LogP contribution is -2.49. The second-order valence-electron chi connectivity index (χ2n) is 6.45. The second kappa shape index (κ2) is 7.36. The molecule has 2 rings (SSSR count). The maximum Gasteiger partial charge on any atom is 0.410 e. The van der Waals surface area contributed by atoms with Crippen molar-refractivity contribution >= 4 is 11.9 Å². The largest absolute Gasteiger partial charge is 0.489 e. The van der Waals surface area contributed by atoms with Crippen molar-refractivity contribution in [1.82, 2.24) is 9.88 Å². The topological polar surface area (TPSA) is 111 Å². The van der Waals surface area contributed by atoms with E-state index in [1.807, 2.05) is 26.8 Å². The van der Waals surface area contributed by atoms with Crippen LogP contribution in [0.2, 0.25) is 0 Å². The molecular formula is C16H22N4O4. The summed E-state index contributed by atoms with van der Waals surface area (Å²) in [6, 6.07) is 3.49. The summed E-state index contributed by atoms with van der Waals surface area (Å²) in [5, 5.41) is 9.06. The maximum atomic E-state index is 12.1. The van der Waals surface area contributed by atoms with E-state index in [9.17, 15) is 4.79 Å². The lowest BCUT2D eigenvalue weighted by molar-refractivity contribution is -0.0557. The van der Waals surface area contributed by atoms with E-state index in [0.29, 0.717) is 31.0 Å². The van der Waals surface area contributed by atoms with Crippen LogP contribution < -0.4 is 10.5 Å². The Morgan fingerprint density at radius 3 is 3.00 bits per heavy atom. The van der Waals surface area contributed by atoms with Crippen LogP contribution in [0.25, 0.3) is 0 Å². The molecule has 2 N–H and O–H groups in total. The van der Waals surface area contributed by atoms with Crippen molar-refractivity contribution in [2.75, 3.05) is 32.0 Å². The summed E-state index contributed by atoms with van der Waals surface area (Å²) in [7, 11) is 0. The molecule has 0 saturated carbocycles. The summed E-state index contributed by atoms with van der Waals surface area (Å²) in [6.45, 7) is 6.89. The van der Waals surface area contributed by atoms with Crippen LogP contribution >= 0.6 is 0 Å². The smallest absolute Gasteiger partial charge is 0.410 e. The highest BCUT2D eigenvalue weighted by Crippen LogP contribution is 2.20. The number of nitrogen functional groups attached to an aromatic ring is 1. The molecule has 1 aliphatic heterocycles. The molecule has 0 bridgehead atoms. The lowest BCUT2D eigenvalue weighted by Gasteiger charge is -2.34. The number of pyridine rings is 1. The molecule has 130 valence electrons. The van der Waals surface area contributed by atoms with Gasteiger partial charge in [0, 0.05) is 12.6 Å². The van der Waals surface area contributed by atoms with Crippen LogP contribution in [0.3, 0.4) is 0 Å². The lowest BCUT2D eigenvalue weighted by atomic mass is 10.2. The van der Waals surface area contributed by atoms with E-state index in [-0.39, 0.29) is 24.6 Å². The van der Waals surface area contributed by atoms with Gasteiger partial charge in [-0.1, -0.05) is 0 Å². The number of ether oxygens (including phenoxy) is 3. The molecule has 1 saturated heterocycles. The highest BCUT2D eigenvalue weighted by Gasteiger charge is 2.28. The van der Waals surface area contributed by atoms with Crippen LogP contribution in [0, 0.1) is 11.3 Å². The van der Waals surface area contributed by atoms with Gasteiger partial charge in [0.15, 0.2) is 0 Å². The summed E-state index contributed by atoms with van der Waals surface area (Å²) < 4.78 is 16.6. The molecule has 1 aromatic rings. The molecule has 1 unspecified atom stereocenters. The van der Waals surface area contributed by atoms with Gasteiger partial charge in [-0.15, -0.1) is 0 Å². The SMILES string of the molecule is CC(C)(C)OC(=O)N1CCOC(COc2cc(N)ncc2C#N)C1. The first kappa shape index (κ1) is 17.8. The van der Waals surface area contributed by atoms with E-state index >= 15 is 0 Å². The number of carbonyl (C=O) groups excluding carboxylic acids is 1. The Morgan fingerprint density at radius 1 is 1.58 bits per heavy atom. The van der Waals surface area contributed by atoms with E-state index in [2.05, 4.69) is 4.98 Å². The molecule has 1 fully saturated rings. The van der Waals surface area contributed by atoms with E-state index in [1.165, 1.54) is 12.3 Å². The maximum absolute atomic E-state index is 12.1. The minimum absolute atomic E-state index is 0.192. The molecule has 1 aliphatic rings. The number of carbonyl (C=O) groups is 1. The third kappa shape index (κ3) is 4.99. The minimum atomic E-state index is -0.544. The van der Waals surface area contributed by atoms with Crippen LogP contribution in [0.5, 0.6) is 5.75 Å². The number of anilines is 1. The molecule has 0 aliphatic carbocycles. The molecule has 0 aromatic carbocycles. The molecule has 8 heteroatoms. The quantitative estimate of drug-likeness (QED) is 0.892. The van der Waals surface area contributed by atoms with Crippen molar-refractivity contribution in [1.29, 1.82) is 5.26 Å². The Kier molecular flexibility index (Phi) is 5.46. The van der Waals surface area contributed by atoms with E-state index < -0.39 is 5.60 Å². The van der Waals surface area contributed by atoms with Crippen LogP contribution in [-0.2, 0) is 9.47 Å². The number of hydrogen-bond donors (Lipinski definition) is 1. The summed E-state index contributed by atoms with van der Waals surface area (Å²) in [6.07, 6.45) is 0.674. The molecule has 1 atom stereocenters. The minimum Gasteiger partial charge on any atom is -0.489 e. The zero-order chi connectivity index (χ0) is 17.7. The summed E-state index contributed by atoms with van der Waals surface area (Å²) in [5.41, 5.74) is 5.36. The van der Waals surface area contributed by atoms with Gasteiger partial charge in [0.1, 0.15) is 41.5 Å². The first-order chi connectivity index (χ1) is 11.3. The standard InChI is InChI=1S/C16H22N4O4/c1-16(2,3)24-15(21)20-4-5-22-12(9-20)10-23-13-6-14(18)19-8-11(13)7-17/h6,8,12H,4-5,9-10H2,1-3H3,(H2,18,19). The van der Waals surface area contributed by atoms with Crippen molar-refractivity contribution in [3.8, 4) is 11.8 Å². The van der Waals surface area contributed by atoms with Crippen LogP contribution in [-0.4, -0.2) is 54.0 Å². The van der Waals surface area contributed by atoms with Crippen molar-refractivity contribution in [3.05, 3.63) is 17.8 Å². The third-order valence-corrected chi connectivity index (χ3v) is 3.22. The van der Waals surface area contributed by atoms with Crippen LogP contribution in [0.1, 0.15) is 26.3 Å². The molecular weight excluding hydrogens is 312 g/mol. The average Bonchev–Trinajstić information content (AvgIpc) is 2.52. The Morgan fingerprint density at radius 2 is 2.33 bits per heavy atom. The number of rotatable bonds is 3. The van der Waals surface area contributed by atoms with Crippen LogP contribution in [0.4, 0.5) is 10.6 Å². The third-order valence-electron chi connectivity index (χ3n) is 3.22. The molecule has 0 spiro atoms. The fraction of sp³-hybridized carbons (Fsp3) is 0.562. The van der Waals surface area contributed by atoms with Gasteiger partial charge in [0.05, 0.1) is 19.3 Å². The Bertz CT molecular complexity index is 636. The van der Waals surface area contributed by atoms with Crippen molar-refractivity contribution in [2.24, 2.45) is 0 Å². The van der Waals surface area contributed by atoms with Gasteiger partial charge < -0.3 is 24.8 Å². The zero-order valence-electron chi connectivity index (χ0n) is 14.1. The summed E-state index contributed by atoms with van der Waals surface area (Å²) in [4.78, 5) is 17.6. The van der Waals surface area contributed by atoms with Gasteiger partial charge in [-0.3, -0.25) is 0 Å². The summed E-state index contributed by atoms with van der Waals surface area (Å²) in [5.74, 6) is 0.618. The Hall–Kier alpha value is -2.53. The first-order valence-electron chi connectivity index (χ1n) is 7.66. The number of amides is 1. The molecule has 8 nitrogen and oxygen atoms in total. The Labute approximate surface area is 141 Å². The monoisotopic (exact) mass is 334 g/mol. The van der Waals surface area contributed by atoms with Crippen molar-refractivity contribution in [2.45, 2.75) is 32.5 Å². The van der Waals surface area contributed by atoms with Crippen molar-refractivity contribution in [3.63, 3.8) is 0 Å². The van der Waals surface area contributed by atoms with E-state index in [4.69, 9.17) is 25.2 Å². The molecule has 1 aromatic heterocycles. The van der Waals surface area contributed by atoms with Gasteiger partial charge in [-0.2, -0.15) is 5.26 Å². The van der Waals surface area contributed by atoms with Gasteiger partial charge in [-0.05, 0) is 20.8 Å². The predicted octanol–water partition coefficient (Wildman–Crippen LogP) is 1.55. The summed E-state index contributed by atoms with van der Waals surface area (Å²) >= 11 is 0. The molecule has 1 amide bonds. The normalized spacial score (nSPS) is 17.9. The van der Waals surface area contributed by atoms with Gasteiger partial charge >= 0.3 is 6.09 Å². The number of nitrogens with two attached hydrogens (primary N) is 1. The second-order valence-corrected chi connectivity index (χ2v) is 6.45. The predicted molar refractivity (Wildman–Crippen MR) is 86.4 cm³/mol. The van der Waals surface area contributed by atoms with Gasteiger partial charge in [-0.25, -0.2) is 9.78 Å². The average molecular weight is 334 g/mol. The first-order valence-corrected chi connectivity index (χ1v) is 7.66. The number of nitriles is 1. The van der Waals surface area contributed by atoms with Crippen LogP contribution in [0.15, 0.2) is 12.3 Å². The fourth-order valence-electron chi connectivity index (χ4n) is 2.15. The highest BCUT2D eigenvalue weighted by molar-refractivity contribution is 5.68. The molecule has 24 heavy (non-hydrogen) atoms. The highest BCUT2D eigenvalue weighted by atomic mass is 16.6. The van der Waals surface area contributed by atoms with E-state index in [0.717, 1.165) is 0 Å². The Balaban J connectivity index is 1.93.